The summed E-state index contributed by atoms with van der Waals surface area (Å²) in [6, 6.07) is 10.1. The van der Waals surface area contributed by atoms with Crippen LogP contribution in [0.3, 0.4) is 0 Å². The summed E-state index contributed by atoms with van der Waals surface area (Å²) >= 11 is 5.85. The van der Waals surface area contributed by atoms with E-state index in [9.17, 15) is 13.5 Å². The molecule has 3 aromatic heterocycles. The molecule has 1 unspecified atom stereocenters. The maximum Gasteiger partial charge on any atom is 0.242 e. The third kappa shape index (κ3) is 6.32. The molecule has 1 atom stereocenters. The lowest BCUT2D eigenvalue weighted by atomic mass is 9.92. The normalized spacial score (nSPS) is 16.4. The van der Waals surface area contributed by atoms with Gasteiger partial charge < -0.3 is 24.7 Å². The number of hydrogen-bond acceptors (Lipinski definition) is 10. The van der Waals surface area contributed by atoms with Gasteiger partial charge in [0.05, 0.1) is 17.8 Å². The molecule has 12 nitrogen and oxygen atoms in total. The van der Waals surface area contributed by atoms with Gasteiger partial charge in [0, 0.05) is 36.3 Å². The molecule has 5 heterocycles. The number of anilines is 2. The van der Waals surface area contributed by atoms with E-state index in [4.69, 9.17) is 21.4 Å². The highest BCUT2D eigenvalue weighted by Gasteiger charge is 2.26. The summed E-state index contributed by atoms with van der Waals surface area (Å²) in [4.78, 5) is 28.5. The summed E-state index contributed by atoms with van der Waals surface area (Å²) in [6.45, 7) is 4.52. The van der Waals surface area contributed by atoms with E-state index in [1.165, 1.54) is 36.2 Å². The Balaban J connectivity index is 0.00000165. The molecule has 1 aromatic carbocycles. The number of benzene rings is 1. The van der Waals surface area contributed by atoms with Crippen LogP contribution >= 0.6 is 11.6 Å². The molecule has 14 heteroatoms. The molecule has 216 valence electrons. The van der Waals surface area contributed by atoms with Gasteiger partial charge in [-0.25, -0.2) is 28.4 Å². The van der Waals surface area contributed by atoms with E-state index in [0.717, 1.165) is 62.6 Å². The number of aliphatic hydroxyl groups excluding tert-OH is 1. The van der Waals surface area contributed by atoms with Gasteiger partial charge in [-0.05, 0) is 61.6 Å². The van der Waals surface area contributed by atoms with Crippen molar-refractivity contribution in [2.75, 3.05) is 29.9 Å². The van der Waals surface area contributed by atoms with Gasteiger partial charge in [0.1, 0.15) is 25.2 Å². The number of nitrogens with one attached hydrogen (secondary N) is 2. The first-order valence-corrected chi connectivity index (χ1v) is 15.1. The molecule has 0 aliphatic carbocycles. The van der Waals surface area contributed by atoms with Crippen LogP contribution in [-0.2, 0) is 27.8 Å². The number of hydrogen-bond donors (Lipinski definition) is 3. The van der Waals surface area contributed by atoms with Crippen molar-refractivity contribution in [3.05, 3.63) is 65.3 Å². The van der Waals surface area contributed by atoms with Gasteiger partial charge in [-0.15, -0.1) is 0 Å². The molecule has 2 aliphatic heterocycles. The maximum atomic E-state index is 12.6. The van der Waals surface area contributed by atoms with Crippen LogP contribution in [0.25, 0.3) is 11.2 Å². The maximum absolute atomic E-state index is 12.6. The number of piperidine rings is 1. The largest absolute Gasteiger partial charge is 0.376 e. The zero-order valence-corrected chi connectivity index (χ0v) is 23.9. The molecule has 3 N–H and O–H groups in total. The van der Waals surface area contributed by atoms with Crippen LogP contribution in [0.15, 0.2) is 53.9 Å². The minimum Gasteiger partial charge on any atom is -0.376 e. The van der Waals surface area contributed by atoms with Crippen molar-refractivity contribution < 1.29 is 18.3 Å². The van der Waals surface area contributed by atoms with Crippen LogP contribution in [0.2, 0.25) is 5.02 Å². The van der Waals surface area contributed by atoms with Crippen LogP contribution in [0.4, 0.5) is 11.6 Å². The van der Waals surface area contributed by atoms with Crippen molar-refractivity contribution in [1.82, 2.24) is 29.2 Å². The van der Waals surface area contributed by atoms with Crippen molar-refractivity contribution in [2.24, 2.45) is 0 Å². The number of imidazole rings is 1. The van der Waals surface area contributed by atoms with E-state index < -0.39 is 16.3 Å². The molecule has 0 radical (unpaired) electrons. The Hall–Kier alpha value is -3.65. The van der Waals surface area contributed by atoms with Gasteiger partial charge >= 0.3 is 0 Å². The predicted octanol–water partition coefficient (Wildman–Crippen LogP) is 2.73. The van der Waals surface area contributed by atoms with Crippen molar-refractivity contribution in [1.29, 1.82) is 0 Å². The Kier molecular flexibility index (Phi) is 8.78. The number of rotatable bonds is 7. The molecule has 4 aromatic rings. The number of nitrogens with zero attached hydrogens (tertiary/aromatic N) is 6. The van der Waals surface area contributed by atoms with Crippen LogP contribution < -0.4 is 14.9 Å². The van der Waals surface area contributed by atoms with Gasteiger partial charge in [-0.2, -0.15) is 4.72 Å². The van der Waals surface area contributed by atoms with Crippen LogP contribution in [-0.4, -0.2) is 70.7 Å². The van der Waals surface area contributed by atoms with Crippen molar-refractivity contribution in [3.8, 4) is 0 Å². The van der Waals surface area contributed by atoms with Gasteiger partial charge in [-0.3, -0.25) is 0 Å². The lowest BCUT2D eigenvalue weighted by Gasteiger charge is -2.33. The Morgan fingerprint density at radius 2 is 1.85 bits per heavy atom. The number of fused-ring (bicyclic) bond motifs is 2. The first kappa shape index (κ1) is 28.9. The summed E-state index contributed by atoms with van der Waals surface area (Å²) in [5, 5.41) is 14.4. The summed E-state index contributed by atoms with van der Waals surface area (Å²) in [7, 11) is -3.93. The highest BCUT2D eigenvalue weighted by molar-refractivity contribution is 7.89. The van der Waals surface area contributed by atoms with E-state index in [0.29, 0.717) is 22.1 Å². The van der Waals surface area contributed by atoms with Gasteiger partial charge in [-0.1, -0.05) is 17.7 Å². The monoisotopic (exact) mass is 598 g/mol. The van der Waals surface area contributed by atoms with E-state index in [1.807, 2.05) is 6.79 Å². The molecule has 41 heavy (non-hydrogen) atoms. The number of carbonyl (C=O) groups is 1. The number of pyridine rings is 1. The first-order valence-electron chi connectivity index (χ1n) is 13.3. The number of aliphatic hydroxyl groups is 1. The Bertz CT molecular complexity index is 1610. The molecule has 0 spiro atoms. The summed E-state index contributed by atoms with van der Waals surface area (Å²) in [5.74, 6) is 2.14. The quantitative estimate of drug-likeness (QED) is 0.270. The minimum absolute atomic E-state index is 0.0105. The van der Waals surface area contributed by atoms with Gasteiger partial charge in [0.15, 0.2) is 17.0 Å². The second-order valence-electron chi connectivity index (χ2n) is 9.89. The molecule has 1 fully saturated rings. The predicted molar refractivity (Wildman–Crippen MR) is 155 cm³/mol. The molecular weight excluding hydrogens is 568 g/mol. The zero-order valence-electron chi connectivity index (χ0n) is 22.3. The van der Waals surface area contributed by atoms with Gasteiger partial charge in [0.25, 0.3) is 0 Å². The fraction of sp³-hybridized carbons (Fsp3) is 0.370. The van der Waals surface area contributed by atoms with Crippen molar-refractivity contribution >= 4 is 51.2 Å². The number of halogens is 1. The standard InChI is InChI=1S/C26H29ClN8O3S.CH2O/c27-19-4-6-20(7-5-19)39(37,38)33-22(36)14-35-16-31-23-25(29-15-30-26(23)35)34-12-9-17(10-13-34)21-8-3-18-2-1-11-28-24(18)32-21;1-2/h3-8,15-17,22,33,36H,1-2,9-14H2,(H,28,32);1H2. The Morgan fingerprint density at radius 3 is 2.61 bits per heavy atom. The number of carbonyl (C=O) groups excluding carboxylic acids is 1. The Morgan fingerprint density at radius 1 is 1.10 bits per heavy atom. The average Bonchev–Trinajstić information content (AvgIpc) is 3.40. The third-order valence-corrected chi connectivity index (χ3v) is 9.02. The number of aromatic nitrogens is 5. The van der Waals surface area contributed by atoms with Crippen molar-refractivity contribution in [2.45, 2.75) is 49.3 Å². The molecular formula is C27H31ClN8O4S. The van der Waals surface area contributed by atoms with Crippen LogP contribution in [0.1, 0.15) is 36.4 Å². The first-order chi connectivity index (χ1) is 19.9. The molecule has 1 saturated heterocycles. The number of aryl methyl sites for hydroxylation is 1. The minimum atomic E-state index is -3.93. The number of sulfonamides is 1. The van der Waals surface area contributed by atoms with Crippen molar-refractivity contribution in [3.63, 3.8) is 0 Å². The van der Waals surface area contributed by atoms with E-state index in [2.05, 4.69) is 42.0 Å². The molecule has 0 bridgehead atoms. The third-order valence-electron chi connectivity index (χ3n) is 7.30. The second-order valence-corrected chi connectivity index (χ2v) is 12.0. The summed E-state index contributed by atoms with van der Waals surface area (Å²) < 4.78 is 29.2. The van der Waals surface area contributed by atoms with Crippen LogP contribution in [0.5, 0.6) is 0 Å². The molecule has 0 saturated carbocycles. The second kappa shape index (κ2) is 12.5. The summed E-state index contributed by atoms with van der Waals surface area (Å²) in [5.41, 5.74) is 3.56. The van der Waals surface area contributed by atoms with E-state index in [-0.39, 0.29) is 11.4 Å². The van der Waals surface area contributed by atoms with E-state index >= 15 is 0 Å². The molecule has 2 aliphatic rings. The average molecular weight is 599 g/mol. The highest BCUT2D eigenvalue weighted by atomic mass is 35.5. The van der Waals surface area contributed by atoms with Crippen LogP contribution in [0, 0.1) is 0 Å². The highest BCUT2D eigenvalue weighted by Crippen LogP contribution is 2.32. The van der Waals surface area contributed by atoms with Gasteiger partial charge in [0.2, 0.25) is 10.0 Å². The lowest BCUT2D eigenvalue weighted by Crippen LogP contribution is -2.37. The SMILES string of the molecule is C=O.O=S(=O)(NC(O)Cn1cnc2c(N3CCC(c4ccc5c(n4)NCCC5)CC3)ncnc21)c1ccc(Cl)cc1. The zero-order chi connectivity index (χ0) is 29.0. The topological polar surface area (TPSA) is 155 Å². The lowest BCUT2D eigenvalue weighted by molar-refractivity contribution is -0.0980. The van der Waals surface area contributed by atoms with E-state index in [1.54, 1.807) is 10.9 Å². The molecule has 0 amide bonds. The smallest absolute Gasteiger partial charge is 0.242 e. The fourth-order valence-electron chi connectivity index (χ4n) is 5.28. The molecule has 6 rings (SSSR count). The fourth-order valence-corrected chi connectivity index (χ4v) is 6.46. The Labute approximate surface area is 242 Å². The summed E-state index contributed by atoms with van der Waals surface area (Å²) in [6.07, 6.45) is 5.74.